The highest BCUT2D eigenvalue weighted by Crippen LogP contribution is 2.33. The Bertz CT molecular complexity index is 534. The van der Waals surface area contributed by atoms with E-state index in [1.54, 1.807) is 0 Å². The van der Waals surface area contributed by atoms with Gasteiger partial charge in [-0.15, -0.1) is 0 Å². The van der Waals surface area contributed by atoms with Crippen molar-refractivity contribution in [3.05, 3.63) is 33.9 Å². The average Bonchev–Trinajstić information content (AvgIpc) is 2.36. The zero-order valence-corrected chi connectivity index (χ0v) is 11.6. The minimum atomic E-state index is -1.07. The topological polar surface area (TPSA) is 83.7 Å². The molecule has 0 amide bonds. The number of nitro benzene ring substituents is 1. The second kappa shape index (κ2) is 5.48. The van der Waals surface area contributed by atoms with Crippen LogP contribution in [0, 0.1) is 22.0 Å². The molecule has 0 spiro atoms. The van der Waals surface area contributed by atoms with Gasteiger partial charge in [0.15, 0.2) is 0 Å². The molecular formula is C14H18N2O4. The zero-order chi connectivity index (χ0) is 14.9. The van der Waals surface area contributed by atoms with Crippen LogP contribution in [0.3, 0.4) is 0 Å². The number of rotatable bonds is 3. The smallest absolute Gasteiger partial charge is 0.335 e. The Kier molecular flexibility index (Phi) is 3.92. The van der Waals surface area contributed by atoms with Crippen molar-refractivity contribution in [1.82, 2.24) is 0 Å². The third-order valence-electron chi connectivity index (χ3n) is 3.63. The van der Waals surface area contributed by atoms with E-state index in [-0.39, 0.29) is 11.3 Å². The Labute approximate surface area is 117 Å². The number of aromatic carboxylic acids is 1. The van der Waals surface area contributed by atoms with Crippen molar-refractivity contribution in [3.8, 4) is 0 Å². The SMILES string of the molecule is CC1CC(C)CN(c2cc(C(=O)O)ccc2[N+](=O)[O-])C1. The summed E-state index contributed by atoms with van der Waals surface area (Å²) in [4.78, 5) is 23.7. The molecule has 0 bridgehead atoms. The van der Waals surface area contributed by atoms with Gasteiger partial charge in [-0.1, -0.05) is 13.8 Å². The number of hydrogen-bond donors (Lipinski definition) is 1. The van der Waals surface area contributed by atoms with Crippen LogP contribution in [0.1, 0.15) is 30.6 Å². The van der Waals surface area contributed by atoms with Crippen LogP contribution in [-0.4, -0.2) is 29.1 Å². The van der Waals surface area contributed by atoms with Crippen molar-refractivity contribution < 1.29 is 14.8 Å². The molecule has 1 aliphatic rings. The van der Waals surface area contributed by atoms with Crippen LogP contribution in [0.15, 0.2) is 18.2 Å². The van der Waals surface area contributed by atoms with Gasteiger partial charge in [-0.2, -0.15) is 0 Å². The van der Waals surface area contributed by atoms with Gasteiger partial charge in [-0.05, 0) is 30.4 Å². The van der Waals surface area contributed by atoms with Crippen molar-refractivity contribution >= 4 is 17.3 Å². The molecule has 1 aliphatic heterocycles. The number of benzene rings is 1. The molecule has 108 valence electrons. The molecule has 6 heteroatoms. The zero-order valence-electron chi connectivity index (χ0n) is 11.6. The first-order valence-electron chi connectivity index (χ1n) is 6.65. The van der Waals surface area contributed by atoms with Gasteiger partial charge < -0.3 is 10.0 Å². The van der Waals surface area contributed by atoms with Crippen LogP contribution in [0.5, 0.6) is 0 Å². The van der Waals surface area contributed by atoms with Gasteiger partial charge in [-0.3, -0.25) is 10.1 Å². The van der Waals surface area contributed by atoms with Crippen LogP contribution < -0.4 is 4.90 Å². The van der Waals surface area contributed by atoms with E-state index >= 15 is 0 Å². The summed E-state index contributed by atoms with van der Waals surface area (Å²) in [5.41, 5.74) is 0.459. The van der Waals surface area contributed by atoms with E-state index in [0.29, 0.717) is 30.6 Å². The van der Waals surface area contributed by atoms with Crippen molar-refractivity contribution in [3.63, 3.8) is 0 Å². The molecule has 1 saturated heterocycles. The van der Waals surface area contributed by atoms with Gasteiger partial charge in [0.05, 0.1) is 10.5 Å². The number of nitrogens with zero attached hydrogens (tertiary/aromatic N) is 2. The fourth-order valence-electron chi connectivity index (χ4n) is 2.92. The highest BCUT2D eigenvalue weighted by molar-refractivity contribution is 5.90. The molecule has 1 N–H and O–H groups in total. The quantitative estimate of drug-likeness (QED) is 0.679. The maximum absolute atomic E-state index is 11.1. The fourth-order valence-corrected chi connectivity index (χ4v) is 2.92. The molecule has 2 rings (SSSR count). The molecule has 0 aliphatic carbocycles. The summed E-state index contributed by atoms with van der Waals surface area (Å²) in [6.07, 6.45) is 1.09. The summed E-state index contributed by atoms with van der Waals surface area (Å²) in [5, 5.41) is 20.2. The normalized spacial score (nSPS) is 22.6. The summed E-state index contributed by atoms with van der Waals surface area (Å²) in [7, 11) is 0. The van der Waals surface area contributed by atoms with Gasteiger partial charge >= 0.3 is 5.97 Å². The molecule has 2 unspecified atom stereocenters. The number of carboxylic acid groups (broad SMARTS) is 1. The largest absolute Gasteiger partial charge is 0.478 e. The lowest BCUT2D eigenvalue weighted by molar-refractivity contribution is -0.384. The first kappa shape index (κ1) is 14.3. The molecule has 1 heterocycles. The molecule has 2 atom stereocenters. The monoisotopic (exact) mass is 278 g/mol. The van der Waals surface area contributed by atoms with Gasteiger partial charge in [0.25, 0.3) is 5.69 Å². The van der Waals surface area contributed by atoms with E-state index in [4.69, 9.17) is 5.11 Å². The van der Waals surface area contributed by atoms with E-state index in [2.05, 4.69) is 13.8 Å². The van der Waals surface area contributed by atoms with Gasteiger partial charge in [0.1, 0.15) is 5.69 Å². The molecule has 0 aromatic heterocycles. The van der Waals surface area contributed by atoms with Crippen LogP contribution >= 0.6 is 0 Å². The highest BCUT2D eigenvalue weighted by atomic mass is 16.6. The summed E-state index contributed by atoms with van der Waals surface area (Å²) < 4.78 is 0. The molecular weight excluding hydrogens is 260 g/mol. The van der Waals surface area contributed by atoms with E-state index in [1.807, 2.05) is 4.90 Å². The minimum Gasteiger partial charge on any atom is -0.478 e. The van der Waals surface area contributed by atoms with Gasteiger partial charge in [-0.25, -0.2) is 4.79 Å². The molecule has 20 heavy (non-hydrogen) atoms. The molecule has 0 radical (unpaired) electrons. The first-order chi connectivity index (χ1) is 9.38. The molecule has 1 fully saturated rings. The van der Waals surface area contributed by atoms with E-state index in [1.165, 1.54) is 18.2 Å². The van der Waals surface area contributed by atoms with E-state index in [0.717, 1.165) is 6.42 Å². The Morgan fingerprint density at radius 3 is 2.45 bits per heavy atom. The van der Waals surface area contributed by atoms with E-state index in [9.17, 15) is 14.9 Å². The van der Waals surface area contributed by atoms with Gasteiger partial charge in [0.2, 0.25) is 0 Å². The van der Waals surface area contributed by atoms with Crippen molar-refractivity contribution in [2.75, 3.05) is 18.0 Å². The van der Waals surface area contributed by atoms with Crippen LogP contribution in [0.4, 0.5) is 11.4 Å². The highest BCUT2D eigenvalue weighted by Gasteiger charge is 2.27. The Morgan fingerprint density at radius 2 is 1.95 bits per heavy atom. The molecule has 6 nitrogen and oxygen atoms in total. The number of hydrogen-bond acceptors (Lipinski definition) is 4. The number of nitro groups is 1. The molecule has 1 aromatic rings. The lowest BCUT2D eigenvalue weighted by Gasteiger charge is -2.36. The van der Waals surface area contributed by atoms with Crippen molar-refractivity contribution in [2.45, 2.75) is 20.3 Å². The summed E-state index contributed by atoms with van der Waals surface area (Å²) in [6.45, 7) is 5.65. The predicted molar refractivity (Wildman–Crippen MR) is 75.2 cm³/mol. The second-order valence-corrected chi connectivity index (χ2v) is 5.62. The number of carbonyl (C=O) groups is 1. The summed E-state index contributed by atoms with van der Waals surface area (Å²) in [6, 6.07) is 3.97. The fraction of sp³-hybridized carbons (Fsp3) is 0.500. The summed E-state index contributed by atoms with van der Waals surface area (Å²) >= 11 is 0. The second-order valence-electron chi connectivity index (χ2n) is 5.62. The summed E-state index contributed by atoms with van der Waals surface area (Å²) in [5.74, 6) is -0.196. The minimum absolute atomic E-state index is 0.0312. The Morgan fingerprint density at radius 1 is 1.35 bits per heavy atom. The molecule has 0 saturated carbocycles. The number of carboxylic acids is 1. The Balaban J connectivity index is 2.43. The van der Waals surface area contributed by atoms with Gasteiger partial charge in [0, 0.05) is 19.2 Å². The maximum atomic E-state index is 11.1. The lowest BCUT2D eigenvalue weighted by Crippen LogP contribution is -2.39. The molecule has 1 aromatic carbocycles. The van der Waals surface area contributed by atoms with Crippen molar-refractivity contribution in [2.24, 2.45) is 11.8 Å². The maximum Gasteiger partial charge on any atom is 0.335 e. The van der Waals surface area contributed by atoms with E-state index < -0.39 is 10.9 Å². The average molecular weight is 278 g/mol. The van der Waals surface area contributed by atoms with Crippen molar-refractivity contribution in [1.29, 1.82) is 0 Å². The standard InChI is InChI=1S/C14H18N2O4/c1-9-5-10(2)8-15(7-9)13-6-11(14(17)18)3-4-12(13)16(19)20/h3-4,6,9-10H,5,7-8H2,1-2H3,(H,17,18). The van der Waals surface area contributed by atoms with Crippen LogP contribution in [-0.2, 0) is 0 Å². The Hall–Kier alpha value is -2.11. The van der Waals surface area contributed by atoms with Crippen LogP contribution in [0.25, 0.3) is 0 Å². The van der Waals surface area contributed by atoms with Crippen LogP contribution in [0.2, 0.25) is 0 Å². The predicted octanol–water partition coefficient (Wildman–Crippen LogP) is 2.78. The third kappa shape index (κ3) is 2.89. The lowest BCUT2D eigenvalue weighted by atomic mass is 9.91. The number of piperidine rings is 1. The third-order valence-corrected chi connectivity index (χ3v) is 3.63. The number of anilines is 1. The first-order valence-corrected chi connectivity index (χ1v) is 6.65.